The summed E-state index contributed by atoms with van der Waals surface area (Å²) in [6.07, 6.45) is 1.60. The molecule has 7 heteroatoms. The molecule has 0 spiro atoms. The van der Waals surface area contributed by atoms with Gasteiger partial charge >= 0.3 is 0 Å². The van der Waals surface area contributed by atoms with Crippen LogP contribution in [-0.2, 0) is 10.0 Å². The Hall–Kier alpha value is -1.60. The van der Waals surface area contributed by atoms with Crippen molar-refractivity contribution in [3.63, 3.8) is 0 Å². The van der Waals surface area contributed by atoms with E-state index in [4.69, 9.17) is 0 Å². The number of amides is 1. The molecule has 2 aliphatic rings. The molecule has 2 heterocycles. The second kappa shape index (κ2) is 6.49. The molecule has 1 aromatic carbocycles. The minimum Gasteiger partial charge on any atom is -0.336 e. The predicted molar refractivity (Wildman–Crippen MR) is 90.2 cm³/mol. The largest absolute Gasteiger partial charge is 0.336 e. The number of nitrogens with zero attached hydrogens (tertiary/aromatic N) is 3. The van der Waals surface area contributed by atoms with Crippen molar-refractivity contribution >= 4 is 21.6 Å². The van der Waals surface area contributed by atoms with Crippen LogP contribution in [0.3, 0.4) is 0 Å². The van der Waals surface area contributed by atoms with Crippen LogP contribution in [0.2, 0.25) is 0 Å². The molecule has 126 valence electrons. The summed E-state index contributed by atoms with van der Waals surface area (Å²) in [5, 5.41) is 0. The number of rotatable bonds is 2. The minimum atomic E-state index is -3.20. The summed E-state index contributed by atoms with van der Waals surface area (Å²) in [5.74, 6) is 0.223. The quantitative estimate of drug-likeness (QED) is 0.808. The summed E-state index contributed by atoms with van der Waals surface area (Å²) < 4.78 is 25.7. The molecule has 3 rings (SSSR count). The van der Waals surface area contributed by atoms with Gasteiger partial charge in [-0.15, -0.1) is 0 Å². The van der Waals surface area contributed by atoms with Crippen molar-refractivity contribution in [2.24, 2.45) is 0 Å². The van der Waals surface area contributed by atoms with Gasteiger partial charge in [-0.2, -0.15) is 0 Å². The SMILES string of the molecule is CN1CCN(C(=O)c2ccc(N3CCCCS3(=O)=O)cc2)CC1. The lowest BCUT2D eigenvalue weighted by atomic mass is 10.1. The highest BCUT2D eigenvalue weighted by Crippen LogP contribution is 2.24. The van der Waals surface area contributed by atoms with E-state index in [9.17, 15) is 13.2 Å². The van der Waals surface area contributed by atoms with Gasteiger partial charge in [0.1, 0.15) is 0 Å². The van der Waals surface area contributed by atoms with Crippen molar-refractivity contribution < 1.29 is 13.2 Å². The van der Waals surface area contributed by atoms with Gasteiger partial charge in [0.2, 0.25) is 10.0 Å². The Bertz CT molecular complexity index is 664. The highest BCUT2D eigenvalue weighted by Gasteiger charge is 2.26. The zero-order valence-electron chi connectivity index (χ0n) is 13.4. The zero-order chi connectivity index (χ0) is 16.4. The molecule has 2 saturated heterocycles. The standard InChI is InChI=1S/C16H23N3O3S/c1-17-9-11-18(12-10-17)16(20)14-4-6-15(7-5-14)19-8-2-3-13-23(19,21)22/h4-7H,2-3,8-13H2,1H3. The van der Waals surface area contributed by atoms with E-state index < -0.39 is 10.0 Å². The van der Waals surface area contributed by atoms with Crippen LogP contribution in [0.15, 0.2) is 24.3 Å². The highest BCUT2D eigenvalue weighted by atomic mass is 32.2. The van der Waals surface area contributed by atoms with Crippen molar-refractivity contribution in [3.05, 3.63) is 29.8 Å². The van der Waals surface area contributed by atoms with Crippen LogP contribution in [0.4, 0.5) is 5.69 Å². The van der Waals surface area contributed by atoms with Crippen LogP contribution in [0.1, 0.15) is 23.2 Å². The third-order valence-corrected chi connectivity index (χ3v) is 6.41. The summed E-state index contributed by atoms with van der Waals surface area (Å²) in [7, 11) is -1.15. The molecule has 0 atom stereocenters. The maximum atomic E-state index is 12.5. The number of piperazine rings is 1. The molecule has 0 saturated carbocycles. The first-order chi connectivity index (χ1) is 11.0. The lowest BCUT2D eigenvalue weighted by Crippen LogP contribution is -2.47. The van der Waals surface area contributed by atoms with Crippen LogP contribution in [0.5, 0.6) is 0 Å². The normalized spacial score (nSPS) is 22.1. The van der Waals surface area contributed by atoms with E-state index in [2.05, 4.69) is 11.9 Å². The van der Waals surface area contributed by atoms with Crippen molar-refractivity contribution in [2.45, 2.75) is 12.8 Å². The Kier molecular flexibility index (Phi) is 4.59. The third-order valence-electron chi connectivity index (χ3n) is 4.54. The summed E-state index contributed by atoms with van der Waals surface area (Å²) in [6, 6.07) is 6.96. The number of hydrogen-bond acceptors (Lipinski definition) is 4. The second-order valence-electron chi connectivity index (χ2n) is 6.24. The predicted octanol–water partition coefficient (Wildman–Crippen LogP) is 1.00. The first-order valence-electron chi connectivity index (χ1n) is 8.06. The van der Waals surface area contributed by atoms with Crippen LogP contribution in [-0.4, -0.2) is 69.6 Å². The van der Waals surface area contributed by atoms with Gasteiger partial charge in [0.15, 0.2) is 0 Å². The molecule has 2 aliphatic heterocycles. The number of benzene rings is 1. The summed E-state index contributed by atoms with van der Waals surface area (Å²) >= 11 is 0. The molecular weight excluding hydrogens is 314 g/mol. The number of sulfonamides is 1. The van der Waals surface area contributed by atoms with Gasteiger partial charge in [0.25, 0.3) is 5.91 Å². The maximum Gasteiger partial charge on any atom is 0.253 e. The minimum absolute atomic E-state index is 0.0196. The van der Waals surface area contributed by atoms with Crippen LogP contribution >= 0.6 is 0 Å². The molecule has 1 aromatic rings. The number of carbonyl (C=O) groups excluding carboxylic acids is 1. The van der Waals surface area contributed by atoms with Gasteiger partial charge in [0, 0.05) is 38.3 Å². The Morgan fingerprint density at radius 1 is 0.957 bits per heavy atom. The van der Waals surface area contributed by atoms with E-state index in [1.165, 1.54) is 4.31 Å². The average Bonchev–Trinajstić information content (AvgIpc) is 2.55. The molecule has 0 radical (unpaired) electrons. The fraction of sp³-hybridized carbons (Fsp3) is 0.562. The monoisotopic (exact) mass is 337 g/mol. The van der Waals surface area contributed by atoms with Crippen LogP contribution in [0.25, 0.3) is 0 Å². The van der Waals surface area contributed by atoms with E-state index in [-0.39, 0.29) is 11.7 Å². The number of likely N-dealkylation sites (N-methyl/N-ethyl adjacent to an activating group) is 1. The summed E-state index contributed by atoms with van der Waals surface area (Å²) in [4.78, 5) is 16.6. The summed E-state index contributed by atoms with van der Waals surface area (Å²) in [5.41, 5.74) is 1.27. The molecule has 6 nitrogen and oxygen atoms in total. The maximum absolute atomic E-state index is 12.5. The number of hydrogen-bond donors (Lipinski definition) is 0. The van der Waals surface area contributed by atoms with Crippen molar-refractivity contribution in [1.29, 1.82) is 0 Å². The van der Waals surface area contributed by atoms with E-state index in [0.717, 1.165) is 39.0 Å². The van der Waals surface area contributed by atoms with E-state index in [1.54, 1.807) is 24.3 Å². The molecule has 23 heavy (non-hydrogen) atoms. The molecule has 2 fully saturated rings. The van der Waals surface area contributed by atoms with E-state index >= 15 is 0 Å². The van der Waals surface area contributed by atoms with E-state index in [1.807, 2.05) is 4.90 Å². The van der Waals surface area contributed by atoms with Crippen molar-refractivity contribution in [2.75, 3.05) is 49.8 Å². The first kappa shape index (κ1) is 16.3. The fourth-order valence-electron chi connectivity index (χ4n) is 3.04. The molecule has 0 bridgehead atoms. The average molecular weight is 337 g/mol. The lowest BCUT2D eigenvalue weighted by Gasteiger charge is -2.32. The van der Waals surface area contributed by atoms with Gasteiger partial charge in [-0.1, -0.05) is 0 Å². The van der Waals surface area contributed by atoms with Crippen LogP contribution < -0.4 is 4.31 Å². The van der Waals surface area contributed by atoms with E-state index in [0.29, 0.717) is 17.8 Å². The Morgan fingerprint density at radius 3 is 2.22 bits per heavy atom. The topological polar surface area (TPSA) is 60.9 Å². The smallest absolute Gasteiger partial charge is 0.253 e. The Morgan fingerprint density at radius 2 is 1.61 bits per heavy atom. The second-order valence-corrected chi connectivity index (χ2v) is 8.25. The Labute approximate surface area is 137 Å². The van der Waals surface area contributed by atoms with Gasteiger partial charge in [-0.05, 0) is 44.2 Å². The number of anilines is 1. The Balaban J connectivity index is 1.73. The van der Waals surface area contributed by atoms with Crippen molar-refractivity contribution in [1.82, 2.24) is 9.80 Å². The summed E-state index contributed by atoms with van der Waals surface area (Å²) in [6.45, 7) is 3.76. The van der Waals surface area contributed by atoms with Gasteiger partial charge < -0.3 is 9.80 Å². The van der Waals surface area contributed by atoms with Gasteiger partial charge in [-0.3, -0.25) is 9.10 Å². The molecule has 0 unspecified atom stereocenters. The molecule has 0 N–H and O–H groups in total. The van der Waals surface area contributed by atoms with Gasteiger partial charge in [0.05, 0.1) is 11.4 Å². The number of carbonyl (C=O) groups is 1. The molecule has 0 aliphatic carbocycles. The first-order valence-corrected chi connectivity index (χ1v) is 9.66. The molecule has 1 amide bonds. The lowest BCUT2D eigenvalue weighted by molar-refractivity contribution is 0.0664. The molecule has 0 aromatic heterocycles. The van der Waals surface area contributed by atoms with Crippen molar-refractivity contribution in [3.8, 4) is 0 Å². The third kappa shape index (κ3) is 3.50. The molecular formula is C16H23N3O3S. The van der Waals surface area contributed by atoms with Crippen LogP contribution in [0, 0.1) is 0 Å². The highest BCUT2D eigenvalue weighted by molar-refractivity contribution is 7.92. The van der Waals surface area contributed by atoms with Gasteiger partial charge in [-0.25, -0.2) is 8.42 Å². The zero-order valence-corrected chi connectivity index (χ0v) is 14.3. The fourth-order valence-corrected chi connectivity index (χ4v) is 4.68.